The summed E-state index contributed by atoms with van der Waals surface area (Å²) >= 11 is 0. The van der Waals surface area contributed by atoms with Gasteiger partial charge in [-0.15, -0.1) is 41.3 Å². The second kappa shape index (κ2) is 16.5. The van der Waals surface area contributed by atoms with Gasteiger partial charge in [-0.05, 0) is 109 Å². The van der Waals surface area contributed by atoms with E-state index in [-0.39, 0.29) is 25.8 Å². The minimum Gasteiger partial charge on any atom is -0.509 e. The van der Waals surface area contributed by atoms with Crippen LogP contribution in [0.4, 0.5) is 0 Å². The number of fused-ring (bicyclic) bond motifs is 3. The second-order valence-electron chi connectivity index (χ2n) is 16.9. The van der Waals surface area contributed by atoms with Crippen molar-refractivity contribution in [1.82, 2.24) is 19.3 Å². The molecule has 0 fully saturated rings. The van der Waals surface area contributed by atoms with Crippen LogP contribution in [0.1, 0.15) is 113 Å². The third-order valence-electron chi connectivity index (χ3n) is 11.2. The first-order valence-corrected chi connectivity index (χ1v) is 20.1. The van der Waals surface area contributed by atoms with Crippen LogP contribution in [0, 0.1) is 38.8 Å². The number of hydrogen-bond donors (Lipinski definition) is 0. The molecule has 5 nitrogen and oxygen atoms in total. The van der Waals surface area contributed by atoms with E-state index < -0.39 is 0 Å². The standard InChI is InChI=1S/C50H56N4O.Pd/c1-12-36-24-32(5)25-37(13-2)49(36)48-34(7)52-54(35(48)8)40-27-39(50(9,10)11)28-42(29-40)55-41-20-21-44-43-16-14-15-17-45(43)53(46(44)30-41)47-26-38(22-23-51-47)33(6)19-18-31(3)4;/h14-17,20-28,31,33H,12-13,18-19H2,1-11H3;/q-2;+2. The van der Waals surface area contributed by atoms with Gasteiger partial charge in [0.2, 0.25) is 0 Å². The van der Waals surface area contributed by atoms with Crippen molar-refractivity contribution in [1.29, 1.82) is 0 Å². The Kier molecular flexibility index (Phi) is 12.2. The van der Waals surface area contributed by atoms with Crippen LogP contribution in [-0.4, -0.2) is 19.3 Å². The maximum Gasteiger partial charge on any atom is 2.00 e. The minimum atomic E-state index is -0.133. The molecule has 7 rings (SSSR count). The normalized spacial score (nSPS) is 12.4. The summed E-state index contributed by atoms with van der Waals surface area (Å²) in [6.45, 7) is 24.6. The molecule has 0 radical (unpaired) electrons. The van der Waals surface area contributed by atoms with Crippen LogP contribution in [-0.2, 0) is 38.7 Å². The van der Waals surface area contributed by atoms with Gasteiger partial charge in [0, 0.05) is 34.5 Å². The average Bonchev–Trinajstić information content (AvgIpc) is 3.65. The Morgan fingerprint density at radius 1 is 0.768 bits per heavy atom. The summed E-state index contributed by atoms with van der Waals surface area (Å²) in [5, 5.41) is 7.44. The maximum atomic E-state index is 6.75. The average molecular weight is 835 g/mol. The third kappa shape index (κ3) is 8.02. The summed E-state index contributed by atoms with van der Waals surface area (Å²) in [5.41, 5.74) is 13.9. The van der Waals surface area contributed by atoms with Gasteiger partial charge in [-0.1, -0.05) is 103 Å². The Hall–Kier alpha value is -4.50. The molecule has 7 aromatic rings. The number of aromatic nitrogens is 4. The molecular weight excluding hydrogens is 779 g/mol. The fourth-order valence-electron chi connectivity index (χ4n) is 8.09. The molecule has 0 amide bonds. The zero-order valence-electron chi connectivity index (χ0n) is 35.0. The van der Waals surface area contributed by atoms with E-state index in [1.165, 1.54) is 39.8 Å². The summed E-state index contributed by atoms with van der Waals surface area (Å²) in [5.74, 6) is 3.27. The van der Waals surface area contributed by atoms with Crippen LogP contribution in [0.2, 0.25) is 0 Å². The fraction of sp³-hybridized carbons (Fsp3) is 0.360. The monoisotopic (exact) mass is 834 g/mol. The van der Waals surface area contributed by atoms with Crippen molar-refractivity contribution >= 4 is 21.8 Å². The number of hydrogen-bond acceptors (Lipinski definition) is 3. The molecule has 292 valence electrons. The molecule has 56 heavy (non-hydrogen) atoms. The molecule has 4 aromatic carbocycles. The molecule has 0 aliphatic carbocycles. The predicted molar refractivity (Wildman–Crippen MR) is 229 cm³/mol. The van der Waals surface area contributed by atoms with E-state index in [1.54, 1.807) is 0 Å². The molecule has 0 aliphatic rings. The van der Waals surface area contributed by atoms with Crippen molar-refractivity contribution in [2.75, 3.05) is 0 Å². The van der Waals surface area contributed by atoms with E-state index in [2.05, 4.69) is 164 Å². The summed E-state index contributed by atoms with van der Waals surface area (Å²) in [4.78, 5) is 4.91. The summed E-state index contributed by atoms with van der Waals surface area (Å²) in [6, 6.07) is 33.4. The van der Waals surface area contributed by atoms with Gasteiger partial charge in [-0.2, -0.15) is 11.2 Å². The van der Waals surface area contributed by atoms with Gasteiger partial charge in [0.15, 0.2) is 0 Å². The van der Waals surface area contributed by atoms with Gasteiger partial charge >= 0.3 is 20.4 Å². The van der Waals surface area contributed by atoms with Crippen molar-refractivity contribution in [2.45, 2.75) is 113 Å². The van der Waals surface area contributed by atoms with Crippen LogP contribution in [0.15, 0.2) is 79.0 Å². The molecule has 0 bridgehead atoms. The van der Waals surface area contributed by atoms with Gasteiger partial charge in [-0.3, -0.25) is 4.68 Å². The topological polar surface area (TPSA) is 44.9 Å². The van der Waals surface area contributed by atoms with E-state index in [0.29, 0.717) is 23.3 Å². The molecule has 3 heterocycles. The van der Waals surface area contributed by atoms with Crippen LogP contribution >= 0.6 is 0 Å². The molecule has 0 saturated carbocycles. The molecule has 1 unspecified atom stereocenters. The predicted octanol–water partition coefficient (Wildman–Crippen LogP) is 13.3. The summed E-state index contributed by atoms with van der Waals surface area (Å²) < 4.78 is 11.0. The first-order chi connectivity index (χ1) is 26.3. The Balaban J connectivity index is 0.00000532. The zero-order chi connectivity index (χ0) is 39.2. The Bertz CT molecular complexity index is 2490. The molecule has 0 saturated heterocycles. The Morgan fingerprint density at radius 3 is 2.16 bits per heavy atom. The molecule has 0 aliphatic heterocycles. The van der Waals surface area contributed by atoms with Crippen LogP contribution in [0.3, 0.4) is 0 Å². The Labute approximate surface area is 348 Å². The van der Waals surface area contributed by atoms with Gasteiger partial charge in [0.25, 0.3) is 0 Å². The minimum absolute atomic E-state index is 0. The van der Waals surface area contributed by atoms with E-state index in [1.807, 2.05) is 12.3 Å². The van der Waals surface area contributed by atoms with E-state index in [9.17, 15) is 0 Å². The fourth-order valence-corrected chi connectivity index (χ4v) is 8.09. The molecule has 3 aromatic heterocycles. The van der Waals surface area contributed by atoms with Crippen LogP contribution in [0.25, 0.3) is 44.4 Å². The van der Waals surface area contributed by atoms with Gasteiger partial charge in [0.1, 0.15) is 5.82 Å². The molecule has 0 N–H and O–H groups in total. The van der Waals surface area contributed by atoms with Crippen LogP contribution < -0.4 is 4.74 Å². The van der Waals surface area contributed by atoms with Crippen LogP contribution in [0.5, 0.6) is 11.5 Å². The van der Waals surface area contributed by atoms with Crippen molar-refractivity contribution in [2.24, 2.45) is 5.92 Å². The third-order valence-corrected chi connectivity index (χ3v) is 11.2. The Morgan fingerprint density at radius 2 is 1.48 bits per heavy atom. The van der Waals surface area contributed by atoms with Crippen molar-refractivity contribution in [3.05, 3.63) is 130 Å². The van der Waals surface area contributed by atoms with Gasteiger partial charge in [0.05, 0.1) is 5.69 Å². The summed E-state index contributed by atoms with van der Waals surface area (Å²) in [6.07, 6.45) is 6.23. The van der Waals surface area contributed by atoms with Crippen molar-refractivity contribution in [3.8, 4) is 34.1 Å². The first kappa shape index (κ1) is 41.1. The zero-order valence-corrected chi connectivity index (χ0v) is 36.6. The SMILES string of the molecule is CCc1cc(C)cc(CC)c1-c1c(C)nn(-c2[c-]c(Oc3[c-]c4c(cc3)c3ccccc3n4-c3cc(C(C)CCC(C)C)ccn3)cc(C(C)(C)C)c2)c1C.[Pd+2]. The van der Waals surface area contributed by atoms with Crippen molar-refractivity contribution in [3.63, 3.8) is 0 Å². The van der Waals surface area contributed by atoms with Gasteiger partial charge < -0.3 is 9.30 Å². The molecule has 6 heteroatoms. The maximum absolute atomic E-state index is 6.75. The number of nitrogens with zero attached hydrogens (tertiary/aromatic N) is 4. The summed E-state index contributed by atoms with van der Waals surface area (Å²) in [7, 11) is 0. The second-order valence-corrected chi connectivity index (χ2v) is 16.9. The number of benzene rings is 4. The number of pyridine rings is 1. The first-order valence-electron chi connectivity index (χ1n) is 20.1. The van der Waals surface area contributed by atoms with Crippen molar-refractivity contribution < 1.29 is 25.2 Å². The van der Waals surface area contributed by atoms with E-state index in [0.717, 1.165) is 69.5 Å². The number of ether oxygens (including phenoxy) is 1. The smallest absolute Gasteiger partial charge is 0.509 e. The number of aryl methyl sites for hydroxylation is 4. The molecule has 0 spiro atoms. The van der Waals surface area contributed by atoms with Gasteiger partial charge in [-0.25, -0.2) is 4.98 Å². The number of para-hydroxylation sites is 1. The quantitative estimate of drug-likeness (QED) is 0.0963. The molecular formula is C50H56N4OPd. The number of rotatable bonds is 11. The van der Waals surface area contributed by atoms with E-state index in [4.69, 9.17) is 14.8 Å². The molecule has 1 atom stereocenters. The largest absolute Gasteiger partial charge is 2.00 e. The van der Waals surface area contributed by atoms with E-state index >= 15 is 0 Å².